The van der Waals surface area contributed by atoms with E-state index in [2.05, 4.69) is 33.3 Å². The highest BCUT2D eigenvalue weighted by molar-refractivity contribution is 5.26. The van der Waals surface area contributed by atoms with Gasteiger partial charge in [-0.15, -0.1) is 0 Å². The number of likely N-dealkylation sites (tertiary alicyclic amines) is 1. The minimum atomic E-state index is 0.471. The Morgan fingerprint density at radius 3 is 2.88 bits per heavy atom. The van der Waals surface area contributed by atoms with Gasteiger partial charge in [-0.25, -0.2) is 9.97 Å². The van der Waals surface area contributed by atoms with Gasteiger partial charge in [-0.3, -0.25) is 0 Å². The largest absolute Gasteiger partial charge is 0.353 e. The van der Waals surface area contributed by atoms with Gasteiger partial charge in [-0.2, -0.15) is 5.26 Å². The predicted molar refractivity (Wildman–Crippen MR) is 65.6 cm³/mol. The molecule has 5 nitrogen and oxygen atoms in total. The SMILES string of the molecule is CN1CCC(c2cnc(NCCC#N)nc2)C1. The van der Waals surface area contributed by atoms with Crippen LogP contribution in [0.3, 0.4) is 0 Å². The maximum Gasteiger partial charge on any atom is 0.222 e. The van der Waals surface area contributed by atoms with E-state index >= 15 is 0 Å². The highest BCUT2D eigenvalue weighted by atomic mass is 15.1. The Labute approximate surface area is 101 Å². The molecule has 1 aliphatic heterocycles. The molecule has 1 unspecified atom stereocenters. The van der Waals surface area contributed by atoms with Gasteiger partial charge < -0.3 is 10.2 Å². The molecule has 0 saturated carbocycles. The summed E-state index contributed by atoms with van der Waals surface area (Å²) in [5.41, 5.74) is 1.21. The number of hydrogen-bond donors (Lipinski definition) is 1. The molecule has 1 aromatic rings. The molecule has 0 radical (unpaired) electrons. The molecule has 17 heavy (non-hydrogen) atoms. The second-order valence-electron chi connectivity index (χ2n) is 4.42. The summed E-state index contributed by atoms with van der Waals surface area (Å²) in [4.78, 5) is 10.9. The molecule has 5 heteroatoms. The van der Waals surface area contributed by atoms with Crippen LogP contribution in [0.5, 0.6) is 0 Å². The lowest BCUT2D eigenvalue weighted by Crippen LogP contribution is -2.13. The summed E-state index contributed by atoms with van der Waals surface area (Å²) in [7, 11) is 2.14. The van der Waals surface area contributed by atoms with Crippen molar-refractivity contribution in [2.24, 2.45) is 0 Å². The van der Waals surface area contributed by atoms with E-state index in [-0.39, 0.29) is 0 Å². The first-order valence-electron chi connectivity index (χ1n) is 5.91. The third-order valence-electron chi connectivity index (χ3n) is 3.05. The second kappa shape index (κ2) is 5.60. The molecular formula is C12H17N5. The summed E-state index contributed by atoms with van der Waals surface area (Å²) in [5, 5.41) is 11.4. The van der Waals surface area contributed by atoms with E-state index in [1.54, 1.807) is 0 Å². The van der Waals surface area contributed by atoms with Crippen LogP contribution in [-0.2, 0) is 0 Å². The normalized spacial score (nSPS) is 20.1. The van der Waals surface area contributed by atoms with E-state index in [1.807, 2.05) is 12.4 Å². The summed E-state index contributed by atoms with van der Waals surface area (Å²) in [6.07, 6.45) is 5.44. The minimum absolute atomic E-state index is 0.471. The Morgan fingerprint density at radius 1 is 1.53 bits per heavy atom. The lowest BCUT2D eigenvalue weighted by Gasteiger charge is -2.10. The summed E-state index contributed by atoms with van der Waals surface area (Å²) in [6, 6.07) is 2.08. The number of nitrogens with one attached hydrogen (secondary N) is 1. The number of anilines is 1. The Balaban J connectivity index is 1.91. The van der Waals surface area contributed by atoms with Crippen LogP contribution in [0.4, 0.5) is 5.95 Å². The molecule has 1 atom stereocenters. The van der Waals surface area contributed by atoms with Gasteiger partial charge in [0.05, 0.1) is 12.5 Å². The Hall–Kier alpha value is -1.67. The topological polar surface area (TPSA) is 64.8 Å². The maximum atomic E-state index is 8.42. The van der Waals surface area contributed by atoms with Gasteiger partial charge in [0.25, 0.3) is 0 Å². The van der Waals surface area contributed by atoms with Crippen LogP contribution in [-0.4, -0.2) is 41.5 Å². The van der Waals surface area contributed by atoms with Crippen molar-refractivity contribution in [3.8, 4) is 6.07 Å². The lowest BCUT2D eigenvalue weighted by atomic mass is 10.0. The van der Waals surface area contributed by atoms with Crippen LogP contribution < -0.4 is 5.32 Å². The van der Waals surface area contributed by atoms with E-state index in [0.717, 1.165) is 13.1 Å². The lowest BCUT2D eigenvalue weighted by molar-refractivity contribution is 0.411. The Kier molecular flexibility index (Phi) is 3.89. The van der Waals surface area contributed by atoms with Gasteiger partial charge in [-0.1, -0.05) is 0 Å². The molecule has 2 heterocycles. The minimum Gasteiger partial charge on any atom is -0.353 e. The van der Waals surface area contributed by atoms with Crippen molar-refractivity contribution in [2.75, 3.05) is 32.0 Å². The number of nitriles is 1. The number of hydrogen-bond acceptors (Lipinski definition) is 5. The van der Waals surface area contributed by atoms with E-state index in [0.29, 0.717) is 24.8 Å². The van der Waals surface area contributed by atoms with Crippen LogP contribution in [0.25, 0.3) is 0 Å². The zero-order valence-corrected chi connectivity index (χ0v) is 10.1. The van der Waals surface area contributed by atoms with E-state index in [4.69, 9.17) is 5.26 Å². The first-order valence-corrected chi connectivity index (χ1v) is 5.91. The van der Waals surface area contributed by atoms with Gasteiger partial charge in [-0.05, 0) is 25.6 Å². The maximum absolute atomic E-state index is 8.42. The molecule has 1 fully saturated rings. The van der Waals surface area contributed by atoms with Crippen molar-refractivity contribution >= 4 is 5.95 Å². The zero-order valence-electron chi connectivity index (χ0n) is 10.1. The van der Waals surface area contributed by atoms with Crippen LogP contribution in [0.1, 0.15) is 24.3 Å². The van der Waals surface area contributed by atoms with E-state index < -0.39 is 0 Å². The summed E-state index contributed by atoms with van der Waals surface area (Å²) in [5.74, 6) is 1.17. The molecule has 2 rings (SSSR count). The standard InChI is InChI=1S/C12H17N5/c1-17-6-3-10(9-17)11-7-15-12(16-8-11)14-5-2-4-13/h7-8,10H,2-3,5-6,9H2,1H3,(H,14,15,16). The average Bonchev–Trinajstić information content (AvgIpc) is 2.77. The number of rotatable bonds is 4. The molecule has 0 amide bonds. The monoisotopic (exact) mass is 231 g/mol. The quantitative estimate of drug-likeness (QED) is 0.789. The van der Waals surface area contributed by atoms with Gasteiger partial charge in [0.2, 0.25) is 5.95 Å². The zero-order chi connectivity index (χ0) is 12.1. The first kappa shape index (κ1) is 11.8. The molecule has 90 valence electrons. The third kappa shape index (κ3) is 3.14. The van der Waals surface area contributed by atoms with Gasteiger partial charge >= 0.3 is 0 Å². The molecule has 1 N–H and O–H groups in total. The first-order chi connectivity index (χ1) is 8.29. The fourth-order valence-corrected chi connectivity index (χ4v) is 2.08. The second-order valence-corrected chi connectivity index (χ2v) is 4.42. The van der Waals surface area contributed by atoms with Crippen LogP contribution >= 0.6 is 0 Å². The summed E-state index contributed by atoms with van der Waals surface area (Å²) in [6.45, 7) is 2.83. The molecule has 0 aliphatic carbocycles. The van der Waals surface area contributed by atoms with Gasteiger partial charge in [0, 0.05) is 31.4 Å². The van der Waals surface area contributed by atoms with Crippen LogP contribution in [0.15, 0.2) is 12.4 Å². The molecule has 0 aromatic carbocycles. The Morgan fingerprint density at radius 2 is 2.29 bits per heavy atom. The van der Waals surface area contributed by atoms with Crippen LogP contribution in [0.2, 0.25) is 0 Å². The van der Waals surface area contributed by atoms with E-state index in [9.17, 15) is 0 Å². The number of nitrogens with zero attached hydrogens (tertiary/aromatic N) is 4. The van der Waals surface area contributed by atoms with Gasteiger partial charge in [0.1, 0.15) is 0 Å². The summed E-state index contributed by atoms with van der Waals surface area (Å²) >= 11 is 0. The van der Waals surface area contributed by atoms with Crippen molar-refractivity contribution in [1.82, 2.24) is 14.9 Å². The Bertz CT molecular complexity index is 394. The number of likely N-dealkylation sites (N-methyl/N-ethyl adjacent to an activating group) is 1. The highest BCUT2D eigenvalue weighted by Crippen LogP contribution is 2.25. The van der Waals surface area contributed by atoms with Crippen molar-refractivity contribution in [2.45, 2.75) is 18.8 Å². The van der Waals surface area contributed by atoms with E-state index in [1.165, 1.54) is 12.0 Å². The smallest absolute Gasteiger partial charge is 0.222 e. The van der Waals surface area contributed by atoms with Crippen molar-refractivity contribution in [3.63, 3.8) is 0 Å². The molecule has 1 aliphatic rings. The predicted octanol–water partition coefficient (Wildman–Crippen LogP) is 1.22. The average molecular weight is 231 g/mol. The fourth-order valence-electron chi connectivity index (χ4n) is 2.08. The van der Waals surface area contributed by atoms with Gasteiger partial charge in [0.15, 0.2) is 0 Å². The molecule has 0 bridgehead atoms. The molecular weight excluding hydrogens is 214 g/mol. The number of aromatic nitrogens is 2. The molecule has 1 saturated heterocycles. The van der Waals surface area contributed by atoms with Crippen LogP contribution in [0, 0.1) is 11.3 Å². The van der Waals surface area contributed by atoms with Crippen molar-refractivity contribution < 1.29 is 0 Å². The molecule has 0 spiro atoms. The molecule has 1 aromatic heterocycles. The van der Waals surface area contributed by atoms with Crippen molar-refractivity contribution in [1.29, 1.82) is 5.26 Å². The van der Waals surface area contributed by atoms with Crippen molar-refractivity contribution in [3.05, 3.63) is 18.0 Å². The highest BCUT2D eigenvalue weighted by Gasteiger charge is 2.21. The summed E-state index contributed by atoms with van der Waals surface area (Å²) < 4.78 is 0. The fraction of sp³-hybridized carbons (Fsp3) is 0.583. The third-order valence-corrected chi connectivity index (χ3v) is 3.05.